The maximum absolute atomic E-state index is 14.1. The van der Waals surface area contributed by atoms with Gasteiger partial charge in [-0.3, -0.25) is 4.79 Å². The Labute approximate surface area is 123 Å². The zero-order valence-electron chi connectivity index (χ0n) is 12.4. The molecule has 0 saturated carbocycles. The van der Waals surface area contributed by atoms with Gasteiger partial charge in [-0.1, -0.05) is 0 Å². The number of carbonyl (C=O) groups excluding carboxylic acids is 2. The third-order valence-electron chi connectivity index (χ3n) is 2.96. The van der Waals surface area contributed by atoms with Crippen LogP contribution in [0.3, 0.4) is 0 Å². The molecule has 0 heterocycles. The van der Waals surface area contributed by atoms with Gasteiger partial charge in [-0.15, -0.1) is 0 Å². The number of nitrogen functional groups attached to an aromatic ring is 1. The van der Waals surface area contributed by atoms with Gasteiger partial charge in [0.15, 0.2) is 0 Å². The molecule has 0 aliphatic heterocycles. The van der Waals surface area contributed by atoms with Crippen molar-refractivity contribution in [3.63, 3.8) is 0 Å². The molecule has 0 fully saturated rings. The lowest BCUT2D eigenvalue weighted by molar-refractivity contribution is -0.119. The summed E-state index contributed by atoms with van der Waals surface area (Å²) in [7, 11) is 1.22. The molecule has 0 aromatic heterocycles. The molecule has 1 aromatic carbocycles. The van der Waals surface area contributed by atoms with Crippen LogP contribution in [0.5, 0.6) is 0 Å². The van der Waals surface area contributed by atoms with Gasteiger partial charge in [-0.2, -0.15) is 0 Å². The smallest absolute Gasteiger partial charge is 0.340 e. The normalized spacial score (nSPS) is 10.1. The molecule has 0 unspecified atom stereocenters. The van der Waals surface area contributed by atoms with Crippen LogP contribution < -0.4 is 16.0 Å². The highest BCUT2D eigenvalue weighted by Crippen LogP contribution is 2.26. The van der Waals surface area contributed by atoms with E-state index in [9.17, 15) is 14.0 Å². The predicted octanol–water partition coefficient (Wildman–Crippen LogP) is 1.16. The summed E-state index contributed by atoms with van der Waals surface area (Å²) in [5, 5.41) is 2.64. The summed E-state index contributed by atoms with van der Waals surface area (Å²) in [6, 6.07) is 2.36. The van der Waals surface area contributed by atoms with Gasteiger partial charge in [0.1, 0.15) is 5.82 Å². The van der Waals surface area contributed by atoms with Gasteiger partial charge in [0.2, 0.25) is 5.91 Å². The number of ether oxygens (including phenoxy) is 1. The van der Waals surface area contributed by atoms with Crippen molar-refractivity contribution < 1.29 is 18.7 Å². The number of hydrogen-bond donors (Lipinski definition) is 2. The van der Waals surface area contributed by atoms with Crippen LogP contribution in [-0.4, -0.2) is 38.6 Å². The third-order valence-corrected chi connectivity index (χ3v) is 2.96. The first-order valence-corrected chi connectivity index (χ1v) is 6.63. The number of anilines is 2. The number of benzene rings is 1. The van der Waals surface area contributed by atoms with Gasteiger partial charge < -0.3 is 20.7 Å². The van der Waals surface area contributed by atoms with Crippen molar-refractivity contribution in [2.45, 2.75) is 13.8 Å². The first-order chi connectivity index (χ1) is 9.94. The van der Waals surface area contributed by atoms with Gasteiger partial charge in [-0.25, -0.2) is 9.18 Å². The van der Waals surface area contributed by atoms with Gasteiger partial charge in [-0.05, 0) is 26.0 Å². The number of esters is 1. The molecule has 6 nitrogen and oxygen atoms in total. The van der Waals surface area contributed by atoms with Crippen LogP contribution >= 0.6 is 0 Å². The number of methoxy groups -OCH3 is 1. The minimum absolute atomic E-state index is 0.00263. The van der Waals surface area contributed by atoms with Gasteiger partial charge in [0.05, 0.1) is 24.9 Å². The molecule has 0 radical (unpaired) electrons. The number of hydrogen-bond acceptors (Lipinski definition) is 5. The van der Waals surface area contributed by atoms with Crippen LogP contribution in [0.1, 0.15) is 24.2 Å². The Kier molecular flexibility index (Phi) is 5.95. The van der Waals surface area contributed by atoms with Crippen LogP contribution in [0.4, 0.5) is 15.8 Å². The van der Waals surface area contributed by atoms with E-state index in [1.165, 1.54) is 18.1 Å². The number of carbonyl (C=O) groups is 2. The molecule has 3 N–H and O–H groups in total. The Balaban J connectivity index is 3.14. The number of nitrogens with zero attached hydrogens (tertiary/aromatic N) is 1. The molecule has 0 atom stereocenters. The van der Waals surface area contributed by atoms with E-state index in [4.69, 9.17) is 5.73 Å². The molecule has 0 aliphatic carbocycles. The van der Waals surface area contributed by atoms with Crippen molar-refractivity contribution in [2.24, 2.45) is 0 Å². The molecular weight excluding hydrogens is 277 g/mol. The molecule has 21 heavy (non-hydrogen) atoms. The first-order valence-electron chi connectivity index (χ1n) is 6.63. The van der Waals surface area contributed by atoms with E-state index in [1.54, 1.807) is 13.8 Å². The summed E-state index contributed by atoms with van der Waals surface area (Å²) in [4.78, 5) is 24.8. The van der Waals surface area contributed by atoms with Crippen LogP contribution in [-0.2, 0) is 9.53 Å². The average molecular weight is 297 g/mol. The van der Waals surface area contributed by atoms with E-state index in [2.05, 4.69) is 10.1 Å². The fourth-order valence-corrected chi connectivity index (χ4v) is 1.90. The number of amides is 1. The molecule has 0 saturated heterocycles. The lowest BCUT2D eigenvalue weighted by Crippen LogP contribution is -2.37. The summed E-state index contributed by atoms with van der Waals surface area (Å²) in [6.45, 7) is 4.47. The molecular formula is C14H20FN3O3. The minimum Gasteiger partial charge on any atom is -0.465 e. The largest absolute Gasteiger partial charge is 0.465 e. The molecule has 7 heteroatoms. The number of halogens is 1. The number of nitrogens with two attached hydrogens (primary N) is 1. The second-order valence-corrected chi connectivity index (χ2v) is 4.35. The lowest BCUT2D eigenvalue weighted by atomic mass is 10.1. The Hall–Kier alpha value is -2.31. The van der Waals surface area contributed by atoms with Gasteiger partial charge in [0, 0.05) is 18.8 Å². The fraction of sp³-hybridized carbons (Fsp3) is 0.429. The van der Waals surface area contributed by atoms with Crippen LogP contribution in [0, 0.1) is 5.82 Å². The maximum Gasteiger partial charge on any atom is 0.340 e. The second-order valence-electron chi connectivity index (χ2n) is 4.35. The molecule has 0 bridgehead atoms. The van der Waals surface area contributed by atoms with Gasteiger partial charge >= 0.3 is 5.97 Å². The summed E-state index contributed by atoms with van der Waals surface area (Å²) in [5.41, 5.74) is 5.83. The molecule has 0 spiro atoms. The predicted molar refractivity (Wildman–Crippen MR) is 78.7 cm³/mol. The minimum atomic E-state index is -0.650. The van der Waals surface area contributed by atoms with E-state index in [0.29, 0.717) is 13.1 Å². The van der Waals surface area contributed by atoms with Crippen LogP contribution in [0.15, 0.2) is 12.1 Å². The molecule has 1 amide bonds. The Morgan fingerprint density at radius 1 is 1.38 bits per heavy atom. The molecule has 0 aliphatic rings. The van der Waals surface area contributed by atoms with Crippen molar-refractivity contribution in [2.75, 3.05) is 37.4 Å². The number of likely N-dealkylation sites (N-methyl/N-ethyl adjacent to an activating group) is 2. The van der Waals surface area contributed by atoms with Crippen LogP contribution in [0.2, 0.25) is 0 Å². The van der Waals surface area contributed by atoms with Crippen molar-refractivity contribution in [3.8, 4) is 0 Å². The Bertz CT molecular complexity index is 534. The second kappa shape index (κ2) is 7.47. The fourth-order valence-electron chi connectivity index (χ4n) is 1.90. The zero-order chi connectivity index (χ0) is 16.0. The summed E-state index contributed by atoms with van der Waals surface area (Å²) >= 11 is 0. The van der Waals surface area contributed by atoms with Gasteiger partial charge in [0.25, 0.3) is 0 Å². The van der Waals surface area contributed by atoms with Crippen molar-refractivity contribution in [1.82, 2.24) is 5.32 Å². The summed E-state index contributed by atoms with van der Waals surface area (Å²) in [5.74, 6) is -1.47. The first kappa shape index (κ1) is 16.7. The molecule has 116 valence electrons. The highest BCUT2D eigenvalue weighted by Gasteiger charge is 2.19. The standard InChI is InChI=1S/C14H20FN3O3/c1-4-17-13(19)8-18(5-2)12-6-9(14(20)21-3)11(16)7-10(12)15/h6-7H,4-5,8,16H2,1-3H3,(H,17,19). The van der Waals surface area contributed by atoms with E-state index in [-0.39, 0.29) is 29.4 Å². The SMILES string of the molecule is CCNC(=O)CN(CC)c1cc(C(=O)OC)c(N)cc1F. The van der Waals surface area contributed by atoms with E-state index >= 15 is 0 Å². The average Bonchev–Trinajstić information content (AvgIpc) is 2.45. The van der Waals surface area contributed by atoms with E-state index in [0.717, 1.165) is 6.07 Å². The quantitative estimate of drug-likeness (QED) is 0.608. The van der Waals surface area contributed by atoms with Crippen molar-refractivity contribution in [1.29, 1.82) is 0 Å². The Morgan fingerprint density at radius 2 is 2.05 bits per heavy atom. The van der Waals surface area contributed by atoms with Crippen LogP contribution in [0.25, 0.3) is 0 Å². The monoisotopic (exact) mass is 297 g/mol. The van der Waals surface area contributed by atoms with Crippen molar-refractivity contribution >= 4 is 23.3 Å². The molecule has 1 aromatic rings. The topological polar surface area (TPSA) is 84.7 Å². The Morgan fingerprint density at radius 3 is 2.57 bits per heavy atom. The van der Waals surface area contributed by atoms with E-state index < -0.39 is 11.8 Å². The molecule has 1 rings (SSSR count). The van der Waals surface area contributed by atoms with E-state index in [1.807, 2.05) is 0 Å². The zero-order valence-corrected chi connectivity index (χ0v) is 12.4. The highest BCUT2D eigenvalue weighted by molar-refractivity contribution is 5.96. The lowest BCUT2D eigenvalue weighted by Gasteiger charge is -2.23. The third kappa shape index (κ3) is 4.08. The summed E-state index contributed by atoms with van der Waals surface area (Å²) < 4.78 is 18.7. The summed E-state index contributed by atoms with van der Waals surface area (Å²) in [6.07, 6.45) is 0. The highest BCUT2D eigenvalue weighted by atomic mass is 19.1. The maximum atomic E-state index is 14.1. The van der Waals surface area contributed by atoms with Crippen molar-refractivity contribution in [3.05, 3.63) is 23.5 Å². The number of nitrogens with one attached hydrogen (secondary N) is 1. The number of rotatable bonds is 6.